The highest BCUT2D eigenvalue weighted by atomic mass is 35.5. The number of amides is 1. The SMILES string of the molecule is COC(=O)[C@@H]1C[C@@H](O)CN1C(=O)CCl. The van der Waals surface area contributed by atoms with Crippen LogP contribution in [0.2, 0.25) is 0 Å². The Hall–Kier alpha value is -0.810. The standard InChI is InChI=1S/C8H12ClNO4/c1-14-8(13)6-2-5(11)4-10(6)7(12)3-9/h5-6,11H,2-4H2,1H3/t5-,6+/m1/s1. The summed E-state index contributed by atoms with van der Waals surface area (Å²) < 4.78 is 4.52. The summed E-state index contributed by atoms with van der Waals surface area (Å²) in [6.45, 7) is 0.144. The van der Waals surface area contributed by atoms with Crippen molar-refractivity contribution in [3.05, 3.63) is 0 Å². The first kappa shape index (κ1) is 11.3. The van der Waals surface area contributed by atoms with Crippen LogP contribution in [0.5, 0.6) is 0 Å². The second-order valence-electron chi connectivity index (χ2n) is 3.11. The van der Waals surface area contributed by atoms with Crippen LogP contribution in [0, 0.1) is 0 Å². The molecule has 80 valence electrons. The van der Waals surface area contributed by atoms with E-state index >= 15 is 0 Å². The number of alkyl halides is 1. The lowest BCUT2D eigenvalue weighted by atomic mass is 10.2. The molecule has 0 aromatic rings. The number of rotatable bonds is 2. The van der Waals surface area contributed by atoms with E-state index in [2.05, 4.69) is 4.74 Å². The molecule has 1 aliphatic heterocycles. The summed E-state index contributed by atoms with van der Waals surface area (Å²) in [6, 6.07) is -0.693. The number of carbonyl (C=O) groups excluding carboxylic acids is 2. The number of aliphatic hydroxyl groups excluding tert-OH is 1. The number of likely N-dealkylation sites (tertiary alicyclic amines) is 1. The van der Waals surface area contributed by atoms with Crippen LogP contribution < -0.4 is 0 Å². The zero-order chi connectivity index (χ0) is 10.7. The molecule has 6 heteroatoms. The number of methoxy groups -OCH3 is 1. The molecule has 0 aromatic carbocycles. The van der Waals surface area contributed by atoms with Gasteiger partial charge in [-0.2, -0.15) is 0 Å². The van der Waals surface area contributed by atoms with Gasteiger partial charge in [-0.1, -0.05) is 0 Å². The van der Waals surface area contributed by atoms with Gasteiger partial charge in [0.15, 0.2) is 0 Å². The number of ether oxygens (including phenoxy) is 1. The predicted octanol–water partition coefficient (Wildman–Crippen LogP) is -0.640. The van der Waals surface area contributed by atoms with Crippen molar-refractivity contribution in [1.82, 2.24) is 4.90 Å². The fraction of sp³-hybridized carbons (Fsp3) is 0.750. The Morgan fingerprint density at radius 2 is 2.29 bits per heavy atom. The fourth-order valence-corrected chi connectivity index (χ4v) is 1.68. The van der Waals surface area contributed by atoms with Gasteiger partial charge in [0.05, 0.1) is 13.2 Å². The highest BCUT2D eigenvalue weighted by Crippen LogP contribution is 2.19. The molecule has 0 aliphatic carbocycles. The number of nitrogens with zero attached hydrogens (tertiary/aromatic N) is 1. The van der Waals surface area contributed by atoms with Crippen LogP contribution in [0.4, 0.5) is 0 Å². The van der Waals surface area contributed by atoms with Gasteiger partial charge in [-0.25, -0.2) is 4.79 Å². The molecule has 1 fully saturated rings. The van der Waals surface area contributed by atoms with Crippen LogP contribution in [-0.2, 0) is 14.3 Å². The maximum atomic E-state index is 11.3. The minimum Gasteiger partial charge on any atom is -0.467 e. The largest absolute Gasteiger partial charge is 0.467 e. The summed E-state index contributed by atoms with van der Waals surface area (Å²) in [5.74, 6) is -1.07. The Morgan fingerprint density at radius 3 is 2.79 bits per heavy atom. The van der Waals surface area contributed by atoms with E-state index < -0.39 is 18.1 Å². The molecule has 1 rings (SSSR count). The number of aliphatic hydroxyl groups is 1. The number of hydrogen-bond acceptors (Lipinski definition) is 4. The Morgan fingerprint density at radius 1 is 1.64 bits per heavy atom. The van der Waals surface area contributed by atoms with Crippen LogP contribution >= 0.6 is 11.6 Å². The molecular formula is C8H12ClNO4. The lowest BCUT2D eigenvalue weighted by Gasteiger charge is -2.20. The first-order chi connectivity index (χ1) is 6.60. The third kappa shape index (κ3) is 2.16. The summed E-state index contributed by atoms with van der Waals surface area (Å²) in [4.78, 5) is 23.7. The average Bonchev–Trinajstić information content (AvgIpc) is 2.58. The third-order valence-electron chi connectivity index (χ3n) is 2.19. The Bertz CT molecular complexity index is 221. The van der Waals surface area contributed by atoms with Crippen molar-refractivity contribution in [2.45, 2.75) is 18.6 Å². The van der Waals surface area contributed by atoms with E-state index in [1.807, 2.05) is 0 Å². The van der Waals surface area contributed by atoms with E-state index in [4.69, 9.17) is 11.6 Å². The van der Waals surface area contributed by atoms with Crippen molar-refractivity contribution in [2.75, 3.05) is 19.5 Å². The smallest absolute Gasteiger partial charge is 0.328 e. The van der Waals surface area contributed by atoms with Crippen molar-refractivity contribution in [3.63, 3.8) is 0 Å². The lowest BCUT2D eigenvalue weighted by Crippen LogP contribution is -2.41. The maximum Gasteiger partial charge on any atom is 0.328 e. The predicted molar refractivity (Wildman–Crippen MR) is 48.9 cm³/mol. The molecular weight excluding hydrogens is 210 g/mol. The van der Waals surface area contributed by atoms with Gasteiger partial charge in [0, 0.05) is 13.0 Å². The number of carbonyl (C=O) groups is 2. The highest BCUT2D eigenvalue weighted by Gasteiger charge is 2.39. The van der Waals surface area contributed by atoms with Gasteiger partial charge >= 0.3 is 5.97 Å². The van der Waals surface area contributed by atoms with Crippen LogP contribution in [0.15, 0.2) is 0 Å². The topological polar surface area (TPSA) is 66.8 Å². The van der Waals surface area contributed by atoms with Crippen molar-refractivity contribution in [1.29, 1.82) is 0 Å². The molecule has 1 aliphatic rings. The molecule has 0 radical (unpaired) electrons. The zero-order valence-corrected chi connectivity index (χ0v) is 8.53. The molecule has 0 aromatic heterocycles. The van der Waals surface area contributed by atoms with E-state index in [0.717, 1.165) is 0 Å². The first-order valence-corrected chi connectivity index (χ1v) is 4.75. The molecule has 1 heterocycles. The number of β-amino-alcohol motifs (C(OH)–C–C–N with tert-alkyl or cyclic N) is 1. The molecule has 0 bridgehead atoms. The van der Waals surface area contributed by atoms with Gasteiger partial charge in [0.25, 0.3) is 0 Å². The molecule has 0 saturated carbocycles. The number of hydrogen-bond donors (Lipinski definition) is 1. The normalized spacial score (nSPS) is 26.4. The van der Waals surface area contributed by atoms with E-state index in [-0.39, 0.29) is 24.8 Å². The van der Waals surface area contributed by atoms with E-state index in [1.54, 1.807) is 0 Å². The molecule has 2 atom stereocenters. The van der Waals surface area contributed by atoms with Crippen molar-refractivity contribution >= 4 is 23.5 Å². The van der Waals surface area contributed by atoms with Gasteiger partial charge in [-0.05, 0) is 0 Å². The highest BCUT2D eigenvalue weighted by molar-refractivity contribution is 6.27. The summed E-state index contributed by atoms with van der Waals surface area (Å²) in [7, 11) is 1.25. The Kier molecular flexibility index (Phi) is 3.71. The van der Waals surface area contributed by atoms with Crippen LogP contribution in [0.3, 0.4) is 0 Å². The molecule has 5 nitrogen and oxygen atoms in total. The second-order valence-corrected chi connectivity index (χ2v) is 3.38. The van der Waals surface area contributed by atoms with E-state index in [0.29, 0.717) is 0 Å². The Balaban J connectivity index is 2.72. The van der Waals surface area contributed by atoms with Gasteiger partial charge in [0.1, 0.15) is 11.9 Å². The molecule has 1 amide bonds. The van der Waals surface area contributed by atoms with Crippen LogP contribution in [0.1, 0.15) is 6.42 Å². The summed E-state index contributed by atoms with van der Waals surface area (Å²) in [6.07, 6.45) is -0.457. The minimum absolute atomic E-state index is 0.144. The molecule has 0 spiro atoms. The lowest BCUT2D eigenvalue weighted by molar-refractivity contribution is -0.150. The zero-order valence-electron chi connectivity index (χ0n) is 7.77. The van der Waals surface area contributed by atoms with E-state index in [1.165, 1.54) is 12.0 Å². The van der Waals surface area contributed by atoms with Crippen LogP contribution in [0.25, 0.3) is 0 Å². The molecule has 14 heavy (non-hydrogen) atoms. The molecule has 1 saturated heterocycles. The summed E-state index contributed by atoms with van der Waals surface area (Å²) in [5.41, 5.74) is 0. The summed E-state index contributed by atoms with van der Waals surface area (Å²) in [5, 5.41) is 9.31. The monoisotopic (exact) mass is 221 g/mol. The van der Waals surface area contributed by atoms with Gasteiger partial charge < -0.3 is 14.7 Å². The molecule has 0 unspecified atom stereocenters. The fourth-order valence-electron chi connectivity index (χ4n) is 1.53. The molecule has 1 N–H and O–H groups in total. The third-order valence-corrected chi connectivity index (χ3v) is 2.42. The van der Waals surface area contributed by atoms with Crippen LogP contribution in [-0.4, -0.2) is 53.6 Å². The Labute approximate surface area is 86.6 Å². The van der Waals surface area contributed by atoms with Crippen molar-refractivity contribution in [2.24, 2.45) is 0 Å². The van der Waals surface area contributed by atoms with Gasteiger partial charge in [0.2, 0.25) is 5.91 Å². The quantitative estimate of drug-likeness (QED) is 0.498. The minimum atomic E-state index is -0.693. The van der Waals surface area contributed by atoms with Crippen molar-refractivity contribution < 1.29 is 19.4 Å². The summed E-state index contributed by atoms with van der Waals surface area (Å²) >= 11 is 5.37. The first-order valence-electron chi connectivity index (χ1n) is 4.21. The maximum absolute atomic E-state index is 11.3. The number of halogens is 1. The second kappa shape index (κ2) is 4.61. The van der Waals surface area contributed by atoms with E-state index in [9.17, 15) is 14.7 Å². The van der Waals surface area contributed by atoms with Crippen molar-refractivity contribution in [3.8, 4) is 0 Å². The number of esters is 1. The van der Waals surface area contributed by atoms with Gasteiger partial charge in [-0.3, -0.25) is 4.79 Å². The average molecular weight is 222 g/mol. The van der Waals surface area contributed by atoms with Gasteiger partial charge in [-0.15, -0.1) is 11.6 Å².